The van der Waals surface area contributed by atoms with Crippen molar-refractivity contribution < 1.29 is 14.3 Å². The van der Waals surface area contributed by atoms with Gasteiger partial charge in [-0.05, 0) is 31.0 Å². The smallest absolute Gasteiger partial charge is 0.224 e. The zero-order valence-electron chi connectivity index (χ0n) is 14.3. The second-order valence-electron chi connectivity index (χ2n) is 6.38. The highest BCUT2D eigenvalue weighted by Gasteiger charge is 2.21. The van der Waals surface area contributed by atoms with Crippen molar-refractivity contribution in [2.24, 2.45) is 0 Å². The quantitative estimate of drug-likeness (QED) is 0.840. The van der Waals surface area contributed by atoms with E-state index in [9.17, 15) is 14.3 Å². The van der Waals surface area contributed by atoms with Crippen LogP contribution in [0.1, 0.15) is 24.0 Å². The van der Waals surface area contributed by atoms with Crippen molar-refractivity contribution in [3.63, 3.8) is 0 Å². The van der Waals surface area contributed by atoms with Crippen molar-refractivity contribution in [3.05, 3.63) is 58.5 Å². The number of benzene rings is 1. The van der Waals surface area contributed by atoms with Gasteiger partial charge in [0.1, 0.15) is 11.6 Å². The Bertz CT molecular complexity index is 767. The van der Waals surface area contributed by atoms with Crippen LogP contribution in [-0.4, -0.2) is 35.2 Å². The lowest BCUT2D eigenvalue weighted by Crippen LogP contribution is -2.39. The highest BCUT2D eigenvalue weighted by atomic mass is 35.5. The van der Waals surface area contributed by atoms with E-state index in [-0.39, 0.29) is 35.6 Å². The maximum atomic E-state index is 13.8. The van der Waals surface area contributed by atoms with Gasteiger partial charge in [-0.1, -0.05) is 23.7 Å². The minimum absolute atomic E-state index is 0.121. The summed E-state index contributed by atoms with van der Waals surface area (Å²) in [6.45, 7) is 1.63. The Morgan fingerprint density at radius 3 is 3.00 bits per heavy atom. The molecule has 0 unspecified atom stereocenters. The number of rotatable bonds is 5. The van der Waals surface area contributed by atoms with Gasteiger partial charge in [0.15, 0.2) is 0 Å². The summed E-state index contributed by atoms with van der Waals surface area (Å²) >= 11 is 5.97. The summed E-state index contributed by atoms with van der Waals surface area (Å²) in [5.41, 5.74) is 1.05. The number of carbonyl (C=O) groups excluding carboxylic acids is 1. The summed E-state index contributed by atoms with van der Waals surface area (Å²) in [7, 11) is 0. The molecule has 2 heterocycles. The number of anilines is 1. The number of hydrogen-bond acceptors (Lipinski definition) is 4. The zero-order valence-corrected chi connectivity index (χ0v) is 15.0. The molecule has 26 heavy (non-hydrogen) atoms. The Kier molecular flexibility index (Phi) is 6.06. The van der Waals surface area contributed by atoms with Crippen LogP contribution in [0.25, 0.3) is 0 Å². The Morgan fingerprint density at radius 2 is 2.23 bits per heavy atom. The van der Waals surface area contributed by atoms with E-state index < -0.39 is 5.82 Å². The number of piperidine rings is 1. The number of amides is 1. The number of aromatic nitrogens is 1. The number of nitrogens with one attached hydrogen (secondary N) is 1. The highest BCUT2D eigenvalue weighted by molar-refractivity contribution is 6.31. The van der Waals surface area contributed by atoms with Crippen LogP contribution < -0.4 is 10.2 Å². The molecule has 1 saturated heterocycles. The standard InChI is InChI=1S/C19H21ClFN3O2/c20-16-6-1-7-17(21)15(16)10-18(26)23-11-13-4-2-8-22-19(13)24-9-3-5-14(25)12-24/h1-2,4,6-8,14,25H,3,5,9-12H2,(H,23,26)/t14-/m1/s1. The molecule has 1 fully saturated rings. The molecule has 0 aliphatic carbocycles. The van der Waals surface area contributed by atoms with Gasteiger partial charge in [-0.25, -0.2) is 9.37 Å². The van der Waals surface area contributed by atoms with E-state index in [0.717, 1.165) is 30.8 Å². The third-order valence-corrected chi connectivity index (χ3v) is 4.79. The summed E-state index contributed by atoms with van der Waals surface area (Å²) in [6.07, 6.45) is 2.90. The Hall–Kier alpha value is -2.18. The SMILES string of the molecule is O=C(Cc1c(F)cccc1Cl)NCc1cccnc1N1CCC[C@@H](O)C1. The molecule has 1 aliphatic rings. The summed E-state index contributed by atoms with van der Waals surface area (Å²) in [4.78, 5) is 18.7. The van der Waals surface area contributed by atoms with Crippen molar-refractivity contribution in [3.8, 4) is 0 Å². The van der Waals surface area contributed by atoms with Crippen molar-refractivity contribution in [1.29, 1.82) is 0 Å². The zero-order chi connectivity index (χ0) is 18.5. The first-order valence-electron chi connectivity index (χ1n) is 8.61. The molecular formula is C19H21ClFN3O2. The summed E-state index contributed by atoms with van der Waals surface area (Å²) in [5.74, 6) is -0.0435. The minimum Gasteiger partial charge on any atom is -0.391 e. The van der Waals surface area contributed by atoms with Gasteiger partial charge in [0.05, 0.1) is 12.5 Å². The molecule has 1 amide bonds. The average molecular weight is 378 g/mol. The summed E-state index contributed by atoms with van der Waals surface area (Å²) in [6, 6.07) is 8.05. The van der Waals surface area contributed by atoms with Gasteiger partial charge in [-0.3, -0.25) is 4.79 Å². The Balaban J connectivity index is 1.65. The van der Waals surface area contributed by atoms with Crippen LogP contribution in [0.5, 0.6) is 0 Å². The van der Waals surface area contributed by atoms with E-state index in [1.165, 1.54) is 12.1 Å². The molecule has 0 saturated carbocycles. The molecule has 2 N–H and O–H groups in total. The van der Waals surface area contributed by atoms with E-state index in [1.54, 1.807) is 18.3 Å². The molecule has 0 spiro atoms. The van der Waals surface area contributed by atoms with Crippen LogP contribution in [0, 0.1) is 5.82 Å². The number of carbonyl (C=O) groups is 1. The monoisotopic (exact) mass is 377 g/mol. The van der Waals surface area contributed by atoms with E-state index in [0.29, 0.717) is 6.54 Å². The van der Waals surface area contributed by atoms with Crippen LogP contribution in [0.3, 0.4) is 0 Å². The fraction of sp³-hybridized carbons (Fsp3) is 0.368. The van der Waals surface area contributed by atoms with Crippen molar-refractivity contribution in [1.82, 2.24) is 10.3 Å². The number of aliphatic hydroxyl groups excluding tert-OH is 1. The largest absolute Gasteiger partial charge is 0.391 e. The lowest BCUT2D eigenvalue weighted by atomic mass is 10.1. The van der Waals surface area contributed by atoms with Gasteiger partial charge >= 0.3 is 0 Å². The van der Waals surface area contributed by atoms with Gasteiger partial charge in [-0.15, -0.1) is 0 Å². The molecule has 1 atom stereocenters. The fourth-order valence-corrected chi connectivity index (χ4v) is 3.35. The molecule has 1 aliphatic heterocycles. The molecule has 0 radical (unpaired) electrons. The summed E-state index contributed by atoms with van der Waals surface area (Å²) < 4.78 is 13.8. The van der Waals surface area contributed by atoms with Crippen LogP contribution in [0.4, 0.5) is 10.2 Å². The van der Waals surface area contributed by atoms with Gasteiger partial charge in [0.2, 0.25) is 5.91 Å². The third kappa shape index (κ3) is 4.51. The summed E-state index contributed by atoms with van der Waals surface area (Å²) in [5, 5.41) is 12.9. The lowest BCUT2D eigenvalue weighted by molar-refractivity contribution is -0.120. The third-order valence-electron chi connectivity index (χ3n) is 4.44. The molecule has 7 heteroatoms. The number of β-amino-alcohol motifs (C(OH)–C–C–N with tert-alkyl or cyclic N) is 1. The molecular weight excluding hydrogens is 357 g/mol. The maximum Gasteiger partial charge on any atom is 0.224 e. The highest BCUT2D eigenvalue weighted by Crippen LogP contribution is 2.22. The first kappa shape index (κ1) is 18.6. The van der Waals surface area contributed by atoms with E-state index in [1.807, 2.05) is 11.0 Å². The number of pyridine rings is 1. The van der Waals surface area contributed by atoms with E-state index in [2.05, 4.69) is 10.3 Å². The van der Waals surface area contributed by atoms with E-state index in [4.69, 9.17) is 11.6 Å². The van der Waals surface area contributed by atoms with Crippen molar-refractivity contribution >= 4 is 23.3 Å². The van der Waals surface area contributed by atoms with Crippen LogP contribution in [0.15, 0.2) is 36.5 Å². The second-order valence-corrected chi connectivity index (χ2v) is 6.79. The number of aliphatic hydroxyl groups is 1. The van der Waals surface area contributed by atoms with Crippen molar-refractivity contribution in [2.75, 3.05) is 18.0 Å². The lowest BCUT2D eigenvalue weighted by Gasteiger charge is -2.32. The molecule has 2 aromatic rings. The fourth-order valence-electron chi connectivity index (χ4n) is 3.12. The van der Waals surface area contributed by atoms with Gasteiger partial charge in [0, 0.05) is 42.0 Å². The van der Waals surface area contributed by atoms with Gasteiger partial charge < -0.3 is 15.3 Å². The minimum atomic E-state index is -0.489. The Labute approximate surface area is 156 Å². The predicted octanol–water partition coefficient (Wildman–Crippen LogP) is 2.69. The first-order chi connectivity index (χ1) is 12.5. The van der Waals surface area contributed by atoms with Crippen LogP contribution >= 0.6 is 11.6 Å². The van der Waals surface area contributed by atoms with Gasteiger partial charge in [0.25, 0.3) is 0 Å². The van der Waals surface area contributed by atoms with Crippen LogP contribution in [-0.2, 0) is 17.8 Å². The van der Waals surface area contributed by atoms with E-state index >= 15 is 0 Å². The van der Waals surface area contributed by atoms with Crippen LogP contribution in [0.2, 0.25) is 5.02 Å². The first-order valence-corrected chi connectivity index (χ1v) is 8.99. The number of hydrogen-bond donors (Lipinski definition) is 2. The predicted molar refractivity (Wildman–Crippen MR) is 98.7 cm³/mol. The molecule has 1 aromatic carbocycles. The number of halogens is 2. The van der Waals surface area contributed by atoms with Crippen molar-refractivity contribution in [2.45, 2.75) is 31.9 Å². The normalized spacial score (nSPS) is 17.2. The molecule has 138 valence electrons. The Morgan fingerprint density at radius 1 is 1.38 bits per heavy atom. The molecule has 1 aromatic heterocycles. The molecule has 3 rings (SSSR count). The van der Waals surface area contributed by atoms with Gasteiger partial charge in [-0.2, -0.15) is 0 Å². The number of nitrogens with zero attached hydrogens (tertiary/aromatic N) is 2. The topological polar surface area (TPSA) is 65.5 Å². The maximum absolute atomic E-state index is 13.8. The molecule has 5 nitrogen and oxygen atoms in total. The molecule has 0 bridgehead atoms. The average Bonchev–Trinajstić information content (AvgIpc) is 2.63. The second kappa shape index (κ2) is 8.47.